The first-order valence-corrected chi connectivity index (χ1v) is 9.77. The Bertz CT molecular complexity index is 722. The number of hydrogen-bond donors (Lipinski definition) is 1. The number of nitrogens with zero attached hydrogens (tertiary/aromatic N) is 4. The quantitative estimate of drug-likeness (QED) is 0.869. The first kappa shape index (κ1) is 17.5. The van der Waals surface area contributed by atoms with Gasteiger partial charge in [0, 0.05) is 19.1 Å². The van der Waals surface area contributed by atoms with Crippen LogP contribution in [0, 0.1) is 5.92 Å². The molecule has 140 valence electrons. The molecular formula is C18H23ClN4O3. The van der Waals surface area contributed by atoms with E-state index in [1.807, 2.05) is 4.90 Å². The normalized spacial score (nSPS) is 28.3. The minimum atomic E-state index is -0.947. The number of rotatable bonds is 3. The summed E-state index contributed by atoms with van der Waals surface area (Å²) in [4.78, 5) is 37.3. The summed E-state index contributed by atoms with van der Waals surface area (Å²) >= 11 is 6.24. The molecule has 1 amide bonds. The molecule has 1 N–H and O–H groups in total. The molecule has 4 rings (SSSR count). The molecule has 2 aliphatic heterocycles. The first-order valence-electron chi connectivity index (χ1n) is 9.39. The number of fused-ring (bicyclic) bond motifs is 1. The molecule has 0 bridgehead atoms. The molecule has 1 aromatic heterocycles. The molecule has 26 heavy (non-hydrogen) atoms. The maximum atomic E-state index is 13.3. The van der Waals surface area contributed by atoms with E-state index in [2.05, 4.69) is 9.97 Å². The zero-order valence-corrected chi connectivity index (χ0v) is 15.4. The van der Waals surface area contributed by atoms with Gasteiger partial charge in [0.1, 0.15) is 6.04 Å². The molecule has 0 aromatic carbocycles. The van der Waals surface area contributed by atoms with Gasteiger partial charge < -0.3 is 14.9 Å². The maximum absolute atomic E-state index is 13.3. The molecule has 0 spiro atoms. The highest BCUT2D eigenvalue weighted by molar-refractivity contribution is 6.33. The Kier molecular flexibility index (Phi) is 4.73. The average Bonchev–Trinajstić information content (AvgIpc) is 3.29. The molecule has 3 aliphatic rings. The number of carboxylic acids is 1. The Morgan fingerprint density at radius 2 is 1.88 bits per heavy atom. The third-order valence-electron chi connectivity index (χ3n) is 5.93. The zero-order valence-electron chi connectivity index (χ0n) is 14.6. The third kappa shape index (κ3) is 3.02. The first-order chi connectivity index (χ1) is 12.6. The molecule has 0 unspecified atom stereocenters. The summed E-state index contributed by atoms with van der Waals surface area (Å²) < 4.78 is 0. The second-order valence-corrected chi connectivity index (χ2v) is 7.88. The lowest BCUT2D eigenvalue weighted by molar-refractivity contribution is -0.141. The molecule has 1 aromatic rings. The fraction of sp³-hybridized carbons (Fsp3) is 0.667. The maximum Gasteiger partial charge on any atom is 0.326 e. The van der Waals surface area contributed by atoms with E-state index in [0.717, 1.165) is 51.6 Å². The molecule has 2 saturated heterocycles. The second-order valence-electron chi connectivity index (χ2n) is 7.47. The highest BCUT2D eigenvalue weighted by atomic mass is 35.5. The Morgan fingerprint density at radius 1 is 1.15 bits per heavy atom. The summed E-state index contributed by atoms with van der Waals surface area (Å²) in [5.74, 6) is -0.564. The van der Waals surface area contributed by atoms with Crippen LogP contribution in [0.5, 0.6) is 0 Å². The zero-order chi connectivity index (χ0) is 18.3. The van der Waals surface area contributed by atoms with Gasteiger partial charge in [0.15, 0.2) is 5.69 Å². The molecule has 7 nitrogen and oxygen atoms in total. The monoisotopic (exact) mass is 378 g/mol. The Hall–Kier alpha value is -1.89. The number of aromatic nitrogens is 2. The van der Waals surface area contributed by atoms with Crippen LogP contribution < -0.4 is 4.90 Å². The van der Waals surface area contributed by atoms with E-state index in [1.165, 1.54) is 11.1 Å². The van der Waals surface area contributed by atoms with Crippen molar-refractivity contribution < 1.29 is 14.7 Å². The van der Waals surface area contributed by atoms with Crippen LogP contribution in [-0.2, 0) is 4.79 Å². The highest BCUT2D eigenvalue weighted by Crippen LogP contribution is 2.41. The predicted molar refractivity (Wildman–Crippen MR) is 96.4 cm³/mol. The fourth-order valence-electron chi connectivity index (χ4n) is 4.67. The molecule has 3 fully saturated rings. The van der Waals surface area contributed by atoms with E-state index in [-0.39, 0.29) is 28.6 Å². The van der Waals surface area contributed by atoms with Crippen LogP contribution in [0.15, 0.2) is 6.20 Å². The van der Waals surface area contributed by atoms with Gasteiger partial charge in [-0.05, 0) is 38.0 Å². The lowest BCUT2D eigenvalue weighted by Crippen LogP contribution is -2.46. The topological polar surface area (TPSA) is 86.6 Å². The number of amides is 1. The number of likely N-dealkylation sites (tertiary alicyclic amines) is 1. The second kappa shape index (κ2) is 7.02. The van der Waals surface area contributed by atoms with Crippen molar-refractivity contribution in [2.75, 3.05) is 18.0 Å². The minimum absolute atomic E-state index is 0.0291. The van der Waals surface area contributed by atoms with Crippen molar-refractivity contribution in [2.24, 2.45) is 5.92 Å². The van der Waals surface area contributed by atoms with Gasteiger partial charge in [-0.1, -0.05) is 24.4 Å². The number of anilines is 1. The van der Waals surface area contributed by atoms with E-state index < -0.39 is 12.0 Å². The molecule has 3 heterocycles. The number of carbonyl (C=O) groups is 2. The molecular weight excluding hydrogens is 356 g/mol. The summed E-state index contributed by atoms with van der Waals surface area (Å²) in [6.07, 6.45) is 8.08. The van der Waals surface area contributed by atoms with Crippen LogP contribution >= 0.6 is 11.6 Å². The third-order valence-corrected chi connectivity index (χ3v) is 6.21. The lowest BCUT2D eigenvalue weighted by atomic mass is 9.84. The van der Waals surface area contributed by atoms with Crippen LogP contribution in [0.25, 0.3) is 0 Å². The van der Waals surface area contributed by atoms with Gasteiger partial charge in [-0.2, -0.15) is 0 Å². The summed E-state index contributed by atoms with van der Waals surface area (Å²) in [6, 6.07) is -0.824. The summed E-state index contributed by atoms with van der Waals surface area (Å²) in [7, 11) is 0. The fourth-order valence-corrected chi connectivity index (χ4v) is 4.84. The van der Waals surface area contributed by atoms with Gasteiger partial charge >= 0.3 is 5.97 Å². The number of carboxylic acid groups (broad SMARTS) is 1. The minimum Gasteiger partial charge on any atom is -0.480 e. The molecule has 0 radical (unpaired) electrons. The van der Waals surface area contributed by atoms with E-state index in [1.54, 1.807) is 0 Å². The van der Waals surface area contributed by atoms with Gasteiger partial charge in [0.05, 0.1) is 11.2 Å². The van der Waals surface area contributed by atoms with Gasteiger partial charge in [-0.25, -0.2) is 14.8 Å². The summed E-state index contributed by atoms with van der Waals surface area (Å²) in [6.45, 7) is 1.73. The molecule has 8 heteroatoms. The summed E-state index contributed by atoms with van der Waals surface area (Å²) in [5, 5.41) is 9.84. The van der Waals surface area contributed by atoms with E-state index in [4.69, 9.17) is 11.6 Å². The van der Waals surface area contributed by atoms with Crippen molar-refractivity contribution >= 4 is 29.4 Å². The predicted octanol–water partition coefficient (Wildman–Crippen LogP) is 2.59. The molecule has 1 aliphatic carbocycles. The Morgan fingerprint density at radius 3 is 2.62 bits per heavy atom. The number of aliphatic carboxylic acids is 1. The Balaban J connectivity index is 1.66. The largest absolute Gasteiger partial charge is 0.480 e. The van der Waals surface area contributed by atoms with Crippen LogP contribution in [0.2, 0.25) is 5.02 Å². The van der Waals surface area contributed by atoms with Gasteiger partial charge in [-0.15, -0.1) is 0 Å². The van der Waals surface area contributed by atoms with Gasteiger partial charge in [0.2, 0.25) is 5.95 Å². The summed E-state index contributed by atoms with van der Waals surface area (Å²) in [5.41, 5.74) is 0.126. The van der Waals surface area contributed by atoms with E-state index in [9.17, 15) is 14.7 Å². The number of halogens is 1. The highest BCUT2D eigenvalue weighted by Gasteiger charge is 2.48. The SMILES string of the molecule is O=C(O)[C@@H]1C[C@@H]2CCCC[C@H]2N1C(=O)c1nc(N2CCCC2)ncc1Cl. The smallest absolute Gasteiger partial charge is 0.326 e. The number of carbonyl (C=O) groups excluding carboxylic acids is 1. The van der Waals surface area contributed by atoms with Crippen molar-refractivity contribution in [3.05, 3.63) is 16.9 Å². The van der Waals surface area contributed by atoms with E-state index >= 15 is 0 Å². The average molecular weight is 379 g/mol. The van der Waals surface area contributed by atoms with Crippen LogP contribution in [0.4, 0.5) is 5.95 Å². The van der Waals surface area contributed by atoms with Crippen molar-refractivity contribution in [3.8, 4) is 0 Å². The van der Waals surface area contributed by atoms with Crippen molar-refractivity contribution in [2.45, 2.75) is 57.0 Å². The van der Waals surface area contributed by atoms with Crippen molar-refractivity contribution in [1.82, 2.24) is 14.9 Å². The molecule has 3 atom stereocenters. The molecule has 1 saturated carbocycles. The Labute approximate surface area is 157 Å². The van der Waals surface area contributed by atoms with E-state index in [0.29, 0.717) is 12.4 Å². The van der Waals surface area contributed by atoms with Crippen LogP contribution in [0.3, 0.4) is 0 Å². The van der Waals surface area contributed by atoms with Crippen LogP contribution in [0.1, 0.15) is 55.4 Å². The van der Waals surface area contributed by atoms with Crippen molar-refractivity contribution in [1.29, 1.82) is 0 Å². The lowest BCUT2D eigenvalue weighted by Gasteiger charge is -2.33. The standard InChI is InChI=1S/C18H23ClN4O3/c19-12-10-20-18(22-7-3-4-8-22)21-15(12)16(24)23-13-6-2-1-5-11(13)9-14(23)17(25)26/h10-11,13-14H,1-9H2,(H,25,26)/t11-,13+,14-/m0/s1. The van der Waals surface area contributed by atoms with Crippen molar-refractivity contribution in [3.63, 3.8) is 0 Å². The van der Waals surface area contributed by atoms with Gasteiger partial charge in [0.25, 0.3) is 5.91 Å². The van der Waals surface area contributed by atoms with Gasteiger partial charge in [-0.3, -0.25) is 4.79 Å². The van der Waals surface area contributed by atoms with Crippen LogP contribution in [-0.4, -0.2) is 57.0 Å². The number of hydrogen-bond acceptors (Lipinski definition) is 5.